The first kappa shape index (κ1) is 19.3. The number of hydrogen-bond donors (Lipinski definition) is 1. The Bertz CT molecular complexity index is 834. The Balaban J connectivity index is 1.50. The van der Waals surface area contributed by atoms with E-state index in [1.807, 2.05) is 12.1 Å². The highest BCUT2D eigenvalue weighted by atomic mass is 35.5. The van der Waals surface area contributed by atoms with Crippen molar-refractivity contribution >= 4 is 29.1 Å². The number of nitrogens with zero attached hydrogens (tertiary/aromatic N) is 1. The van der Waals surface area contributed by atoms with Crippen LogP contribution >= 0.6 is 11.6 Å². The molecule has 0 bridgehead atoms. The van der Waals surface area contributed by atoms with E-state index in [2.05, 4.69) is 5.32 Å². The summed E-state index contributed by atoms with van der Waals surface area (Å²) in [6.07, 6.45) is 1.35. The molecule has 3 rings (SSSR count). The first-order valence-electron chi connectivity index (χ1n) is 8.70. The topological polar surface area (TPSA) is 49.4 Å². The van der Waals surface area contributed by atoms with Gasteiger partial charge in [-0.05, 0) is 42.7 Å². The molecule has 2 aromatic carbocycles. The third-order valence-electron chi connectivity index (χ3n) is 4.67. The van der Waals surface area contributed by atoms with Gasteiger partial charge in [-0.2, -0.15) is 0 Å². The molecule has 1 N–H and O–H groups in total. The van der Waals surface area contributed by atoms with Crippen LogP contribution in [-0.4, -0.2) is 29.8 Å². The van der Waals surface area contributed by atoms with Crippen LogP contribution in [-0.2, 0) is 16.0 Å². The van der Waals surface area contributed by atoms with Crippen molar-refractivity contribution < 1.29 is 18.4 Å². The summed E-state index contributed by atoms with van der Waals surface area (Å²) in [7, 11) is 0. The number of carbonyl (C=O) groups is 2. The molecule has 0 unspecified atom stereocenters. The quantitative estimate of drug-likeness (QED) is 0.853. The van der Waals surface area contributed by atoms with Crippen molar-refractivity contribution in [2.45, 2.75) is 19.3 Å². The van der Waals surface area contributed by atoms with Crippen molar-refractivity contribution in [3.8, 4) is 0 Å². The smallest absolute Gasteiger partial charge is 0.227 e. The molecule has 2 amide bonds. The molecule has 27 heavy (non-hydrogen) atoms. The highest BCUT2D eigenvalue weighted by Gasteiger charge is 2.27. The fourth-order valence-electron chi connectivity index (χ4n) is 3.10. The Kier molecular flexibility index (Phi) is 6.06. The number of rotatable bonds is 4. The summed E-state index contributed by atoms with van der Waals surface area (Å²) in [5.74, 6) is -2.46. The summed E-state index contributed by atoms with van der Waals surface area (Å²) in [5.41, 5.74) is 1.11. The highest BCUT2D eigenvalue weighted by molar-refractivity contribution is 6.30. The summed E-state index contributed by atoms with van der Waals surface area (Å²) in [5, 5.41) is 3.23. The van der Waals surface area contributed by atoms with Crippen molar-refractivity contribution in [3.63, 3.8) is 0 Å². The Morgan fingerprint density at radius 2 is 1.70 bits per heavy atom. The number of likely N-dealkylation sites (tertiary alicyclic amines) is 1. The number of nitrogens with one attached hydrogen (secondary N) is 1. The third kappa shape index (κ3) is 5.04. The fourth-order valence-corrected chi connectivity index (χ4v) is 3.22. The van der Waals surface area contributed by atoms with E-state index in [-0.39, 0.29) is 23.4 Å². The maximum absolute atomic E-state index is 13.2. The van der Waals surface area contributed by atoms with Gasteiger partial charge in [-0.1, -0.05) is 23.7 Å². The van der Waals surface area contributed by atoms with Gasteiger partial charge in [-0.25, -0.2) is 8.78 Å². The normalized spacial score (nSPS) is 14.9. The Morgan fingerprint density at radius 3 is 2.33 bits per heavy atom. The average molecular weight is 393 g/mol. The minimum absolute atomic E-state index is 0.0109. The van der Waals surface area contributed by atoms with Gasteiger partial charge in [0, 0.05) is 35.8 Å². The summed E-state index contributed by atoms with van der Waals surface area (Å²) < 4.78 is 26.2. The van der Waals surface area contributed by atoms with E-state index in [4.69, 9.17) is 11.6 Å². The third-order valence-corrected chi connectivity index (χ3v) is 4.93. The van der Waals surface area contributed by atoms with Crippen LogP contribution in [0.1, 0.15) is 18.4 Å². The number of carbonyl (C=O) groups excluding carboxylic acids is 2. The van der Waals surface area contributed by atoms with Crippen molar-refractivity contribution in [2.24, 2.45) is 5.92 Å². The van der Waals surface area contributed by atoms with Crippen molar-refractivity contribution in [2.75, 3.05) is 18.4 Å². The maximum atomic E-state index is 13.2. The van der Waals surface area contributed by atoms with Gasteiger partial charge in [0.15, 0.2) is 11.6 Å². The molecule has 1 aliphatic rings. The summed E-state index contributed by atoms with van der Waals surface area (Å²) >= 11 is 5.84. The van der Waals surface area contributed by atoms with Crippen molar-refractivity contribution in [1.82, 2.24) is 4.90 Å². The van der Waals surface area contributed by atoms with Gasteiger partial charge in [0.1, 0.15) is 0 Å². The Labute approximate surface area is 161 Å². The van der Waals surface area contributed by atoms with Crippen LogP contribution in [0.15, 0.2) is 42.5 Å². The van der Waals surface area contributed by atoms with E-state index in [0.29, 0.717) is 37.4 Å². The number of hydrogen-bond acceptors (Lipinski definition) is 2. The molecule has 1 fully saturated rings. The summed E-state index contributed by atoms with van der Waals surface area (Å²) in [6.45, 7) is 0.977. The minimum Gasteiger partial charge on any atom is -0.342 e. The largest absolute Gasteiger partial charge is 0.342 e. The molecule has 4 nitrogen and oxygen atoms in total. The van der Waals surface area contributed by atoms with Crippen LogP contribution in [0, 0.1) is 17.6 Å². The van der Waals surface area contributed by atoms with E-state index in [1.54, 1.807) is 17.0 Å². The molecular weight excluding hydrogens is 374 g/mol. The molecule has 1 heterocycles. The van der Waals surface area contributed by atoms with Gasteiger partial charge < -0.3 is 10.2 Å². The standard InChI is InChI=1S/C20H19ClF2N2O2/c21-15-3-1-13(2-4-15)11-19(26)25-9-7-14(8-10-25)20(27)24-16-5-6-17(22)18(23)12-16/h1-6,12,14H,7-11H2,(H,24,27). The number of amides is 2. The van der Waals surface area contributed by atoms with E-state index < -0.39 is 11.6 Å². The molecule has 0 aromatic heterocycles. The Hall–Kier alpha value is -2.47. The second kappa shape index (κ2) is 8.48. The zero-order valence-electron chi connectivity index (χ0n) is 14.6. The highest BCUT2D eigenvalue weighted by Crippen LogP contribution is 2.21. The van der Waals surface area contributed by atoms with Gasteiger partial charge >= 0.3 is 0 Å². The molecule has 1 aliphatic heterocycles. The molecule has 2 aromatic rings. The second-order valence-corrected chi connectivity index (χ2v) is 7.01. The van der Waals surface area contributed by atoms with Crippen molar-refractivity contribution in [1.29, 1.82) is 0 Å². The first-order chi connectivity index (χ1) is 12.9. The van der Waals surface area contributed by atoms with Gasteiger partial charge in [-0.15, -0.1) is 0 Å². The van der Waals surface area contributed by atoms with Crippen LogP contribution in [0.2, 0.25) is 5.02 Å². The number of piperidine rings is 1. The lowest BCUT2D eigenvalue weighted by Crippen LogP contribution is -2.42. The predicted molar refractivity (Wildman–Crippen MR) is 99.4 cm³/mol. The molecule has 0 saturated carbocycles. The number of benzene rings is 2. The number of anilines is 1. The number of halogens is 3. The second-order valence-electron chi connectivity index (χ2n) is 6.58. The zero-order valence-corrected chi connectivity index (χ0v) is 15.3. The maximum Gasteiger partial charge on any atom is 0.227 e. The average Bonchev–Trinajstić information content (AvgIpc) is 2.66. The minimum atomic E-state index is -1.00. The Morgan fingerprint density at radius 1 is 1.04 bits per heavy atom. The van der Waals surface area contributed by atoms with Crippen LogP contribution in [0.5, 0.6) is 0 Å². The molecule has 0 atom stereocenters. The van der Waals surface area contributed by atoms with Crippen LogP contribution in [0.4, 0.5) is 14.5 Å². The van der Waals surface area contributed by atoms with E-state index in [1.165, 1.54) is 6.07 Å². The van der Waals surface area contributed by atoms with E-state index in [9.17, 15) is 18.4 Å². The molecule has 1 saturated heterocycles. The molecule has 7 heteroatoms. The fraction of sp³-hybridized carbons (Fsp3) is 0.300. The molecule has 0 aliphatic carbocycles. The molecule has 0 spiro atoms. The molecular formula is C20H19ClF2N2O2. The SMILES string of the molecule is O=C(Nc1ccc(F)c(F)c1)C1CCN(C(=O)Cc2ccc(Cl)cc2)CC1. The van der Waals surface area contributed by atoms with Crippen LogP contribution < -0.4 is 5.32 Å². The molecule has 0 radical (unpaired) electrons. The molecule has 142 valence electrons. The van der Waals surface area contributed by atoms with Gasteiger partial charge in [-0.3, -0.25) is 9.59 Å². The van der Waals surface area contributed by atoms with Crippen LogP contribution in [0.3, 0.4) is 0 Å². The van der Waals surface area contributed by atoms with Gasteiger partial charge in [0.05, 0.1) is 6.42 Å². The monoisotopic (exact) mass is 392 g/mol. The summed E-state index contributed by atoms with van der Waals surface area (Å²) in [4.78, 5) is 26.5. The lowest BCUT2D eigenvalue weighted by Gasteiger charge is -2.31. The lowest BCUT2D eigenvalue weighted by atomic mass is 9.95. The lowest BCUT2D eigenvalue weighted by molar-refractivity contribution is -0.133. The zero-order chi connectivity index (χ0) is 19.4. The van der Waals surface area contributed by atoms with Gasteiger partial charge in [0.2, 0.25) is 11.8 Å². The summed E-state index contributed by atoms with van der Waals surface area (Å²) in [6, 6.07) is 10.4. The van der Waals surface area contributed by atoms with Gasteiger partial charge in [0.25, 0.3) is 0 Å². The van der Waals surface area contributed by atoms with E-state index >= 15 is 0 Å². The van der Waals surface area contributed by atoms with E-state index in [0.717, 1.165) is 17.7 Å². The predicted octanol–water partition coefficient (Wildman–Crippen LogP) is 4.04. The first-order valence-corrected chi connectivity index (χ1v) is 9.08. The van der Waals surface area contributed by atoms with Crippen molar-refractivity contribution in [3.05, 3.63) is 64.7 Å². The van der Waals surface area contributed by atoms with Crippen LogP contribution in [0.25, 0.3) is 0 Å².